The normalized spacial score (nSPS) is 12.2. The van der Waals surface area contributed by atoms with Crippen molar-refractivity contribution >= 4 is 22.9 Å². The lowest BCUT2D eigenvalue weighted by Crippen LogP contribution is -2.24. The minimum absolute atomic E-state index is 0.0268. The molecular formula is C26H32N6O. The first-order chi connectivity index (χ1) is 16.2. The highest BCUT2D eigenvalue weighted by Crippen LogP contribution is 2.27. The molecule has 0 saturated carbocycles. The maximum atomic E-state index is 9.65. The van der Waals surface area contributed by atoms with Gasteiger partial charge in [0.15, 0.2) is 17.0 Å². The highest BCUT2D eigenvalue weighted by atomic mass is 16.3. The van der Waals surface area contributed by atoms with Gasteiger partial charge in [-0.2, -0.15) is 9.97 Å². The van der Waals surface area contributed by atoms with E-state index in [1.807, 2.05) is 25.4 Å². The largest absolute Gasteiger partial charge is 0.394 e. The first kappa shape index (κ1) is 22.7. The molecule has 33 heavy (non-hydrogen) atoms. The summed E-state index contributed by atoms with van der Waals surface area (Å²) in [6.45, 7) is 5.68. The first-order valence-electron chi connectivity index (χ1n) is 11.7. The molecule has 4 aromatic rings. The Hall–Kier alpha value is -3.45. The molecule has 0 spiro atoms. The van der Waals surface area contributed by atoms with Gasteiger partial charge >= 0.3 is 0 Å². The van der Waals surface area contributed by atoms with Crippen molar-refractivity contribution in [3.05, 3.63) is 78.1 Å². The van der Waals surface area contributed by atoms with E-state index in [0.717, 1.165) is 30.6 Å². The molecule has 0 saturated heterocycles. The topological polar surface area (TPSA) is 87.9 Å². The molecule has 0 amide bonds. The molecule has 7 nitrogen and oxygen atoms in total. The van der Waals surface area contributed by atoms with E-state index < -0.39 is 0 Å². The number of aryl methyl sites for hydroxylation is 1. The van der Waals surface area contributed by atoms with E-state index in [0.29, 0.717) is 18.3 Å². The SMILES string of the molecule is CCCn1cnc2c(NCC(c3ccccc3)c3ccccc3)nc(N[C@H](CC)CO)nc21. The number of aromatic nitrogens is 4. The molecule has 0 bridgehead atoms. The molecule has 0 aliphatic rings. The van der Waals surface area contributed by atoms with Gasteiger partial charge in [-0.15, -0.1) is 0 Å². The zero-order chi connectivity index (χ0) is 23.0. The van der Waals surface area contributed by atoms with E-state index in [1.165, 1.54) is 11.1 Å². The van der Waals surface area contributed by atoms with Crippen LogP contribution in [0.4, 0.5) is 11.8 Å². The first-order valence-corrected chi connectivity index (χ1v) is 11.7. The number of fused-ring (bicyclic) bond motifs is 1. The standard InChI is InChI=1S/C26H32N6O/c1-3-15-32-18-28-23-24(30-26(31-25(23)32)29-21(4-2)17-33)27-16-22(19-11-7-5-8-12-19)20-13-9-6-10-14-20/h5-14,18,21-22,33H,3-4,15-17H2,1-2H3,(H2,27,29,30,31)/t21-/m1/s1. The van der Waals surface area contributed by atoms with Crippen LogP contribution >= 0.6 is 0 Å². The molecule has 2 aromatic carbocycles. The van der Waals surface area contributed by atoms with Crippen molar-refractivity contribution in [3.8, 4) is 0 Å². The van der Waals surface area contributed by atoms with Gasteiger partial charge in [-0.25, -0.2) is 4.98 Å². The summed E-state index contributed by atoms with van der Waals surface area (Å²) in [4.78, 5) is 14.1. The summed E-state index contributed by atoms with van der Waals surface area (Å²) in [5.41, 5.74) is 4.02. The summed E-state index contributed by atoms with van der Waals surface area (Å²) in [6.07, 6.45) is 3.59. The van der Waals surface area contributed by atoms with Crippen molar-refractivity contribution in [2.75, 3.05) is 23.8 Å². The predicted molar refractivity (Wildman–Crippen MR) is 134 cm³/mol. The van der Waals surface area contributed by atoms with Crippen molar-refractivity contribution in [1.82, 2.24) is 19.5 Å². The predicted octanol–water partition coefficient (Wildman–Crippen LogP) is 4.66. The molecule has 7 heteroatoms. The summed E-state index contributed by atoms with van der Waals surface area (Å²) >= 11 is 0. The molecule has 2 aromatic heterocycles. The highest BCUT2D eigenvalue weighted by Gasteiger charge is 2.18. The van der Waals surface area contributed by atoms with Gasteiger partial charge < -0.3 is 20.3 Å². The molecule has 0 unspecified atom stereocenters. The Kier molecular flexibility index (Phi) is 7.52. The van der Waals surface area contributed by atoms with Crippen LogP contribution < -0.4 is 10.6 Å². The lowest BCUT2D eigenvalue weighted by atomic mass is 9.91. The summed E-state index contributed by atoms with van der Waals surface area (Å²) in [7, 11) is 0. The van der Waals surface area contributed by atoms with Crippen LogP contribution in [0.5, 0.6) is 0 Å². The molecular weight excluding hydrogens is 412 g/mol. The molecule has 0 aliphatic carbocycles. The quantitative estimate of drug-likeness (QED) is 0.312. The lowest BCUT2D eigenvalue weighted by molar-refractivity contribution is 0.271. The fourth-order valence-electron chi connectivity index (χ4n) is 3.99. The van der Waals surface area contributed by atoms with E-state index in [1.54, 1.807) is 0 Å². The van der Waals surface area contributed by atoms with Gasteiger partial charge in [-0.05, 0) is 24.0 Å². The Morgan fingerprint density at radius 1 is 0.939 bits per heavy atom. The second-order valence-electron chi connectivity index (χ2n) is 8.19. The van der Waals surface area contributed by atoms with Crippen LogP contribution in [-0.4, -0.2) is 43.8 Å². The third-order valence-electron chi connectivity index (χ3n) is 5.85. The fraction of sp³-hybridized carbons (Fsp3) is 0.346. The van der Waals surface area contributed by atoms with Gasteiger partial charge in [0, 0.05) is 19.0 Å². The fourth-order valence-corrected chi connectivity index (χ4v) is 3.99. The number of aliphatic hydroxyl groups is 1. The van der Waals surface area contributed by atoms with Crippen molar-refractivity contribution in [3.63, 3.8) is 0 Å². The van der Waals surface area contributed by atoms with Gasteiger partial charge in [0.05, 0.1) is 19.0 Å². The van der Waals surface area contributed by atoms with Crippen LogP contribution in [0.15, 0.2) is 67.0 Å². The Balaban J connectivity index is 1.68. The maximum Gasteiger partial charge on any atom is 0.227 e. The Labute approximate surface area is 194 Å². The van der Waals surface area contributed by atoms with Crippen molar-refractivity contribution in [1.29, 1.82) is 0 Å². The minimum atomic E-state index is -0.0979. The van der Waals surface area contributed by atoms with Gasteiger partial charge in [-0.1, -0.05) is 74.5 Å². The second kappa shape index (κ2) is 10.9. The molecule has 4 rings (SSSR count). The minimum Gasteiger partial charge on any atom is -0.394 e. The number of hydrogen-bond donors (Lipinski definition) is 3. The van der Waals surface area contributed by atoms with Crippen LogP contribution in [0.3, 0.4) is 0 Å². The van der Waals surface area contributed by atoms with Crippen LogP contribution in [-0.2, 0) is 6.54 Å². The summed E-state index contributed by atoms with van der Waals surface area (Å²) in [6, 6.07) is 20.9. The van der Waals surface area contributed by atoms with E-state index in [-0.39, 0.29) is 18.6 Å². The number of hydrogen-bond acceptors (Lipinski definition) is 6. The number of rotatable bonds is 11. The van der Waals surface area contributed by atoms with Gasteiger partial charge in [0.1, 0.15) is 0 Å². The van der Waals surface area contributed by atoms with Gasteiger partial charge in [0.25, 0.3) is 0 Å². The average Bonchev–Trinajstić information content (AvgIpc) is 3.27. The molecule has 172 valence electrons. The van der Waals surface area contributed by atoms with Crippen LogP contribution in [0.2, 0.25) is 0 Å². The van der Waals surface area contributed by atoms with Crippen LogP contribution in [0.25, 0.3) is 11.2 Å². The zero-order valence-electron chi connectivity index (χ0n) is 19.3. The number of nitrogens with zero attached hydrogens (tertiary/aromatic N) is 4. The lowest BCUT2D eigenvalue weighted by Gasteiger charge is -2.20. The molecule has 0 aliphatic heterocycles. The van der Waals surface area contributed by atoms with Crippen molar-refractivity contribution in [2.45, 2.75) is 45.2 Å². The molecule has 0 fully saturated rings. The Morgan fingerprint density at radius 2 is 1.61 bits per heavy atom. The number of aliphatic hydroxyl groups excluding tert-OH is 1. The second-order valence-corrected chi connectivity index (χ2v) is 8.19. The molecule has 3 N–H and O–H groups in total. The Morgan fingerprint density at radius 3 is 2.18 bits per heavy atom. The molecule has 0 radical (unpaired) electrons. The van der Waals surface area contributed by atoms with Crippen molar-refractivity contribution < 1.29 is 5.11 Å². The molecule has 1 atom stereocenters. The number of benzene rings is 2. The average molecular weight is 445 g/mol. The summed E-state index contributed by atoms with van der Waals surface area (Å²) in [5.74, 6) is 1.36. The summed E-state index contributed by atoms with van der Waals surface area (Å²) in [5, 5.41) is 16.5. The number of nitrogens with one attached hydrogen (secondary N) is 2. The van der Waals surface area contributed by atoms with Crippen molar-refractivity contribution in [2.24, 2.45) is 0 Å². The number of anilines is 2. The van der Waals surface area contributed by atoms with E-state index in [4.69, 9.17) is 9.97 Å². The van der Waals surface area contributed by atoms with E-state index in [2.05, 4.69) is 75.6 Å². The van der Waals surface area contributed by atoms with Gasteiger partial charge in [0.2, 0.25) is 5.95 Å². The molecule has 2 heterocycles. The summed E-state index contributed by atoms with van der Waals surface area (Å²) < 4.78 is 2.05. The monoisotopic (exact) mass is 444 g/mol. The third kappa shape index (κ3) is 5.31. The maximum absolute atomic E-state index is 9.65. The zero-order valence-corrected chi connectivity index (χ0v) is 19.3. The van der Waals surface area contributed by atoms with Crippen LogP contribution in [0, 0.1) is 0 Å². The van der Waals surface area contributed by atoms with E-state index in [9.17, 15) is 5.11 Å². The smallest absolute Gasteiger partial charge is 0.227 e. The van der Waals surface area contributed by atoms with E-state index >= 15 is 0 Å². The Bertz CT molecular complexity index is 1100. The third-order valence-corrected chi connectivity index (χ3v) is 5.85. The van der Waals surface area contributed by atoms with Crippen LogP contribution in [0.1, 0.15) is 43.7 Å². The number of imidazole rings is 1. The highest BCUT2D eigenvalue weighted by molar-refractivity contribution is 5.84. The van der Waals surface area contributed by atoms with Gasteiger partial charge in [-0.3, -0.25) is 0 Å².